The molecular weight excluding hydrogens is 321 g/mol. The van der Waals surface area contributed by atoms with E-state index in [1.165, 1.54) is 0 Å². The summed E-state index contributed by atoms with van der Waals surface area (Å²) in [7, 11) is 0. The molecule has 1 aliphatic rings. The fourth-order valence-corrected chi connectivity index (χ4v) is 1.66. The number of halogens is 3. The largest absolute Gasteiger partial charge is 0.381 e. The van der Waals surface area contributed by atoms with E-state index in [0.29, 0.717) is 17.2 Å². The first-order valence-electron chi connectivity index (χ1n) is 5.53. The van der Waals surface area contributed by atoms with E-state index in [9.17, 15) is 0 Å². The second kappa shape index (κ2) is 7.00. The molecule has 1 saturated carbocycles. The van der Waals surface area contributed by atoms with Crippen molar-refractivity contribution in [2.24, 2.45) is 5.73 Å². The molecule has 110 valence electrons. The summed E-state index contributed by atoms with van der Waals surface area (Å²) in [6, 6.07) is 0. The number of rotatable bonds is 1. The molecule has 0 unspecified atom stereocenters. The molecule has 1 aliphatic carbocycles. The van der Waals surface area contributed by atoms with Crippen LogP contribution in [0.25, 0.3) is 5.65 Å². The van der Waals surface area contributed by atoms with Gasteiger partial charge in [0.2, 0.25) is 0 Å². The number of nitrogens with zero attached hydrogens (tertiary/aromatic N) is 3. The Labute approximate surface area is 135 Å². The molecule has 0 aromatic carbocycles. The first-order valence-corrected chi connectivity index (χ1v) is 5.53. The van der Waals surface area contributed by atoms with E-state index in [0.717, 1.165) is 19.3 Å². The Morgan fingerprint density at radius 1 is 1.30 bits per heavy atom. The molecule has 8 heteroatoms. The molecule has 2 heterocycles. The fraction of sp³-hybridized carbons (Fsp3) is 0.333. The normalized spacial score (nSPS) is 14.1. The zero-order chi connectivity index (χ0) is 11.9. The molecule has 1 fully saturated rings. The number of nitrogen functional groups attached to an aromatic ring is 1. The van der Waals surface area contributed by atoms with Crippen molar-refractivity contribution in [1.82, 2.24) is 14.4 Å². The second-order valence-electron chi connectivity index (χ2n) is 4.51. The molecule has 0 amide bonds. The van der Waals surface area contributed by atoms with Crippen LogP contribution in [-0.2, 0) is 0 Å². The maximum atomic E-state index is 5.95. The minimum Gasteiger partial charge on any atom is -0.381 e. The predicted molar refractivity (Wildman–Crippen MR) is 86.8 cm³/mol. The molecule has 0 saturated heterocycles. The van der Waals surface area contributed by atoms with Crippen molar-refractivity contribution in [3.05, 3.63) is 24.3 Å². The van der Waals surface area contributed by atoms with Crippen LogP contribution in [0.15, 0.2) is 18.6 Å². The van der Waals surface area contributed by atoms with Gasteiger partial charge in [-0.15, -0.1) is 37.2 Å². The van der Waals surface area contributed by atoms with Crippen molar-refractivity contribution in [2.45, 2.75) is 24.8 Å². The second-order valence-corrected chi connectivity index (χ2v) is 4.51. The van der Waals surface area contributed by atoms with Crippen LogP contribution in [0.4, 0.5) is 5.82 Å². The zero-order valence-corrected chi connectivity index (χ0v) is 13.0. The quantitative estimate of drug-likeness (QED) is 0.778. The van der Waals surface area contributed by atoms with Gasteiger partial charge in [-0.25, -0.2) is 9.97 Å². The molecular formula is C12H16Cl3N5. The number of fused-ring (bicyclic) bond motifs is 1. The summed E-state index contributed by atoms with van der Waals surface area (Å²) in [4.78, 5) is 8.29. The molecule has 2 aromatic heterocycles. The SMILES string of the molecule is Cl.Cl.Cl.Nc1nc(C#CCC2(N)CC2)cn2ccnc12. The van der Waals surface area contributed by atoms with Gasteiger partial charge in [-0.05, 0) is 18.8 Å². The van der Waals surface area contributed by atoms with E-state index in [1.807, 2.05) is 16.8 Å². The highest BCUT2D eigenvalue weighted by molar-refractivity contribution is 5.86. The number of imidazole rings is 1. The molecule has 0 bridgehead atoms. The number of hydrogen-bond donors (Lipinski definition) is 2. The Morgan fingerprint density at radius 2 is 2.00 bits per heavy atom. The van der Waals surface area contributed by atoms with E-state index in [1.54, 1.807) is 6.20 Å². The van der Waals surface area contributed by atoms with Crippen molar-refractivity contribution < 1.29 is 0 Å². The molecule has 0 spiro atoms. The average Bonchev–Trinajstić information content (AvgIpc) is 2.84. The Balaban J connectivity index is 0.00000120. The van der Waals surface area contributed by atoms with Crippen LogP contribution >= 0.6 is 37.2 Å². The highest BCUT2D eigenvalue weighted by Gasteiger charge is 2.36. The minimum atomic E-state index is -0.0440. The Bertz CT molecular complexity index is 639. The number of nitrogens with two attached hydrogens (primary N) is 2. The van der Waals surface area contributed by atoms with Gasteiger partial charge in [0.1, 0.15) is 5.69 Å². The highest BCUT2D eigenvalue weighted by Crippen LogP contribution is 2.34. The topological polar surface area (TPSA) is 82.2 Å². The van der Waals surface area contributed by atoms with Crippen molar-refractivity contribution in [2.75, 3.05) is 5.73 Å². The Morgan fingerprint density at radius 3 is 2.65 bits per heavy atom. The van der Waals surface area contributed by atoms with E-state index < -0.39 is 0 Å². The lowest BCUT2D eigenvalue weighted by Crippen LogP contribution is -2.20. The zero-order valence-electron chi connectivity index (χ0n) is 10.6. The van der Waals surface area contributed by atoms with Gasteiger partial charge in [0.15, 0.2) is 11.5 Å². The van der Waals surface area contributed by atoms with Crippen molar-refractivity contribution >= 4 is 48.7 Å². The van der Waals surface area contributed by atoms with Crippen molar-refractivity contribution in [3.8, 4) is 11.8 Å². The van der Waals surface area contributed by atoms with Gasteiger partial charge in [0.25, 0.3) is 0 Å². The van der Waals surface area contributed by atoms with E-state index in [4.69, 9.17) is 11.5 Å². The summed E-state index contributed by atoms with van der Waals surface area (Å²) in [5.41, 5.74) is 13.0. The van der Waals surface area contributed by atoms with Crippen molar-refractivity contribution in [1.29, 1.82) is 0 Å². The molecule has 0 radical (unpaired) electrons. The summed E-state index contributed by atoms with van der Waals surface area (Å²) in [5.74, 6) is 6.45. The fourth-order valence-electron chi connectivity index (χ4n) is 1.66. The standard InChI is InChI=1S/C12H13N5.3ClH/c13-10-11-15-6-7-17(11)8-9(16-10)2-1-3-12(14)4-5-12;;;/h6-8H,3-5,14H2,(H2,13,16);3*1H. The number of aromatic nitrogens is 3. The van der Waals surface area contributed by atoms with Crippen LogP contribution in [0.2, 0.25) is 0 Å². The molecule has 2 aromatic rings. The van der Waals surface area contributed by atoms with Gasteiger partial charge in [-0.2, -0.15) is 0 Å². The first kappa shape index (κ1) is 18.8. The predicted octanol–water partition coefficient (Wildman–Crippen LogP) is 1.81. The van der Waals surface area contributed by atoms with Gasteiger partial charge in [-0.1, -0.05) is 5.92 Å². The Kier molecular flexibility index (Phi) is 6.59. The van der Waals surface area contributed by atoms with Crippen LogP contribution in [-0.4, -0.2) is 19.9 Å². The summed E-state index contributed by atoms with van der Waals surface area (Å²) in [6.07, 6.45) is 8.18. The van der Waals surface area contributed by atoms with Crippen LogP contribution in [0.5, 0.6) is 0 Å². The van der Waals surface area contributed by atoms with Gasteiger partial charge < -0.3 is 15.9 Å². The van der Waals surface area contributed by atoms with Crippen LogP contribution < -0.4 is 11.5 Å². The highest BCUT2D eigenvalue weighted by atomic mass is 35.5. The maximum Gasteiger partial charge on any atom is 0.179 e. The van der Waals surface area contributed by atoms with Crippen LogP contribution in [0, 0.1) is 11.8 Å². The minimum absolute atomic E-state index is 0. The Hall–Kier alpha value is -1.19. The maximum absolute atomic E-state index is 5.95. The molecule has 3 rings (SSSR count). The van der Waals surface area contributed by atoms with Gasteiger partial charge in [-0.3, -0.25) is 0 Å². The summed E-state index contributed by atoms with van der Waals surface area (Å²) >= 11 is 0. The van der Waals surface area contributed by atoms with Gasteiger partial charge in [0, 0.05) is 30.6 Å². The van der Waals surface area contributed by atoms with Gasteiger partial charge >= 0.3 is 0 Å². The first-order chi connectivity index (χ1) is 8.16. The smallest absolute Gasteiger partial charge is 0.179 e. The summed E-state index contributed by atoms with van der Waals surface area (Å²) < 4.78 is 1.82. The third-order valence-electron chi connectivity index (χ3n) is 2.95. The van der Waals surface area contributed by atoms with E-state index >= 15 is 0 Å². The van der Waals surface area contributed by atoms with E-state index in [-0.39, 0.29) is 42.8 Å². The van der Waals surface area contributed by atoms with Crippen LogP contribution in [0.1, 0.15) is 25.0 Å². The molecule has 5 nitrogen and oxygen atoms in total. The third-order valence-corrected chi connectivity index (χ3v) is 2.95. The lowest BCUT2D eigenvalue weighted by molar-refractivity contribution is 0.701. The summed E-state index contributed by atoms with van der Waals surface area (Å²) in [5, 5.41) is 0. The van der Waals surface area contributed by atoms with E-state index in [2.05, 4.69) is 21.8 Å². The van der Waals surface area contributed by atoms with Crippen molar-refractivity contribution in [3.63, 3.8) is 0 Å². The molecule has 0 aliphatic heterocycles. The summed E-state index contributed by atoms with van der Waals surface area (Å²) in [6.45, 7) is 0. The third kappa shape index (κ3) is 3.90. The average molecular weight is 337 g/mol. The number of anilines is 1. The van der Waals surface area contributed by atoms with Gasteiger partial charge in [0.05, 0.1) is 0 Å². The van der Waals surface area contributed by atoms with Crippen LogP contribution in [0.3, 0.4) is 0 Å². The molecule has 4 N–H and O–H groups in total. The lowest BCUT2D eigenvalue weighted by Gasteiger charge is -2.00. The lowest BCUT2D eigenvalue weighted by atomic mass is 10.2. The molecule has 0 atom stereocenters. The molecule has 20 heavy (non-hydrogen) atoms. The number of hydrogen-bond acceptors (Lipinski definition) is 4. The monoisotopic (exact) mass is 335 g/mol.